The third-order valence-corrected chi connectivity index (χ3v) is 4.54. The fourth-order valence-corrected chi connectivity index (χ4v) is 3.14. The van der Waals surface area contributed by atoms with E-state index in [1.165, 1.54) is 31.2 Å². The van der Waals surface area contributed by atoms with Crippen molar-refractivity contribution in [1.29, 1.82) is 0 Å². The maximum Gasteiger partial charge on any atom is 0.247 e. The quantitative estimate of drug-likeness (QED) is 0.839. The van der Waals surface area contributed by atoms with Crippen LogP contribution in [0.15, 0.2) is 36.5 Å². The highest BCUT2D eigenvalue weighted by atomic mass is 15.4. The SMILES string of the molecule is CC(C)N(Cc1ccccc1)c1cnnc(N2CCCCCC2)n1. The third kappa shape index (κ3) is 4.22. The predicted molar refractivity (Wildman–Crippen MR) is 98.3 cm³/mol. The van der Waals surface area contributed by atoms with Gasteiger partial charge in [0, 0.05) is 25.7 Å². The number of hydrogen-bond acceptors (Lipinski definition) is 5. The molecule has 0 radical (unpaired) electrons. The molecule has 2 aromatic rings. The molecule has 2 heterocycles. The lowest BCUT2D eigenvalue weighted by atomic mass is 10.2. The Morgan fingerprint density at radius 1 is 1.04 bits per heavy atom. The van der Waals surface area contributed by atoms with Gasteiger partial charge in [0.2, 0.25) is 5.95 Å². The van der Waals surface area contributed by atoms with Crippen LogP contribution in [-0.2, 0) is 6.54 Å². The van der Waals surface area contributed by atoms with Gasteiger partial charge in [-0.1, -0.05) is 43.2 Å². The van der Waals surface area contributed by atoms with E-state index in [1.807, 2.05) is 6.07 Å². The van der Waals surface area contributed by atoms with E-state index >= 15 is 0 Å². The summed E-state index contributed by atoms with van der Waals surface area (Å²) >= 11 is 0. The molecule has 1 aromatic heterocycles. The maximum absolute atomic E-state index is 4.83. The maximum atomic E-state index is 4.83. The van der Waals surface area contributed by atoms with E-state index in [1.54, 1.807) is 6.20 Å². The van der Waals surface area contributed by atoms with Crippen molar-refractivity contribution >= 4 is 11.8 Å². The highest BCUT2D eigenvalue weighted by Crippen LogP contribution is 2.21. The average Bonchev–Trinajstić information content (AvgIpc) is 2.90. The summed E-state index contributed by atoms with van der Waals surface area (Å²) in [6, 6.07) is 10.9. The van der Waals surface area contributed by atoms with Crippen LogP contribution >= 0.6 is 0 Å². The van der Waals surface area contributed by atoms with Crippen LogP contribution in [0.2, 0.25) is 0 Å². The smallest absolute Gasteiger partial charge is 0.247 e. The lowest BCUT2D eigenvalue weighted by Gasteiger charge is -2.28. The van der Waals surface area contributed by atoms with Gasteiger partial charge in [-0.15, -0.1) is 5.10 Å². The lowest BCUT2D eigenvalue weighted by Crippen LogP contribution is -2.32. The van der Waals surface area contributed by atoms with Gasteiger partial charge in [0.05, 0.1) is 6.20 Å². The molecule has 0 amide bonds. The Morgan fingerprint density at radius 2 is 1.75 bits per heavy atom. The minimum absolute atomic E-state index is 0.346. The van der Waals surface area contributed by atoms with Crippen LogP contribution in [0.4, 0.5) is 11.8 Å². The van der Waals surface area contributed by atoms with E-state index in [2.05, 4.69) is 58.1 Å². The number of nitrogens with zero attached hydrogens (tertiary/aromatic N) is 5. The van der Waals surface area contributed by atoms with Crippen LogP contribution in [0.5, 0.6) is 0 Å². The molecule has 0 unspecified atom stereocenters. The van der Waals surface area contributed by atoms with Crippen LogP contribution in [0, 0.1) is 0 Å². The first-order valence-electron chi connectivity index (χ1n) is 8.99. The molecule has 1 fully saturated rings. The van der Waals surface area contributed by atoms with Crippen molar-refractivity contribution in [2.24, 2.45) is 0 Å². The molecule has 0 atom stereocenters. The molecule has 5 heteroatoms. The van der Waals surface area contributed by atoms with E-state index in [-0.39, 0.29) is 0 Å². The summed E-state index contributed by atoms with van der Waals surface area (Å²) in [6.45, 7) is 7.28. The summed E-state index contributed by atoms with van der Waals surface area (Å²) in [4.78, 5) is 9.40. The first-order valence-corrected chi connectivity index (χ1v) is 8.99. The first kappa shape index (κ1) is 16.7. The second-order valence-corrected chi connectivity index (χ2v) is 6.72. The van der Waals surface area contributed by atoms with Gasteiger partial charge in [0.25, 0.3) is 0 Å². The summed E-state index contributed by atoms with van der Waals surface area (Å²) in [5.41, 5.74) is 1.28. The second kappa shape index (κ2) is 8.08. The molecule has 1 aliphatic rings. The predicted octanol–water partition coefficient (Wildman–Crippen LogP) is 3.67. The Kier molecular flexibility index (Phi) is 5.62. The van der Waals surface area contributed by atoms with Gasteiger partial charge < -0.3 is 9.80 Å². The molecule has 0 saturated carbocycles. The van der Waals surface area contributed by atoms with Crippen molar-refractivity contribution < 1.29 is 0 Å². The summed E-state index contributed by atoms with van der Waals surface area (Å²) in [5.74, 6) is 1.68. The van der Waals surface area contributed by atoms with E-state index in [0.29, 0.717) is 6.04 Å². The Hall–Kier alpha value is -2.17. The Balaban J connectivity index is 1.81. The number of hydrogen-bond donors (Lipinski definition) is 0. The van der Waals surface area contributed by atoms with E-state index in [0.717, 1.165) is 31.4 Å². The lowest BCUT2D eigenvalue weighted by molar-refractivity contribution is 0.661. The van der Waals surface area contributed by atoms with Crippen molar-refractivity contribution in [3.05, 3.63) is 42.1 Å². The molecular formula is C19H27N5. The number of anilines is 2. The minimum Gasteiger partial charge on any atom is -0.348 e. The van der Waals surface area contributed by atoms with Gasteiger partial charge in [-0.2, -0.15) is 10.1 Å². The molecule has 1 aromatic carbocycles. The molecular weight excluding hydrogens is 298 g/mol. The zero-order valence-electron chi connectivity index (χ0n) is 14.7. The monoisotopic (exact) mass is 325 g/mol. The summed E-state index contributed by atoms with van der Waals surface area (Å²) in [6.07, 6.45) is 6.81. The van der Waals surface area contributed by atoms with Crippen LogP contribution in [0.25, 0.3) is 0 Å². The molecule has 3 rings (SSSR count). The highest BCUT2D eigenvalue weighted by Gasteiger charge is 2.17. The van der Waals surface area contributed by atoms with Crippen LogP contribution in [-0.4, -0.2) is 34.3 Å². The Labute approximate surface area is 144 Å². The zero-order valence-corrected chi connectivity index (χ0v) is 14.7. The molecule has 128 valence electrons. The van der Waals surface area contributed by atoms with Gasteiger partial charge in [0.15, 0.2) is 5.82 Å². The van der Waals surface area contributed by atoms with E-state index in [9.17, 15) is 0 Å². The minimum atomic E-state index is 0.346. The van der Waals surface area contributed by atoms with Gasteiger partial charge in [0.1, 0.15) is 0 Å². The second-order valence-electron chi connectivity index (χ2n) is 6.72. The third-order valence-electron chi connectivity index (χ3n) is 4.54. The van der Waals surface area contributed by atoms with E-state index < -0.39 is 0 Å². The molecule has 0 aliphatic carbocycles. The molecule has 1 aliphatic heterocycles. The van der Waals surface area contributed by atoms with Crippen molar-refractivity contribution in [2.75, 3.05) is 22.9 Å². The molecule has 5 nitrogen and oxygen atoms in total. The summed E-state index contributed by atoms with van der Waals surface area (Å²) in [5, 5.41) is 8.53. The fourth-order valence-electron chi connectivity index (χ4n) is 3.14. The molecule has 0 spiro atoms. The van der Waals surface area contributed by atoms with Gasteiger partial charge in [-0.05, 0) is 32.3 Å². The van der Waals surface area contributed by atoms with E-state index in [4.69, 9.17) is 4.98 Å². The fraction of sp³-hybridized carbons (Fsp3) is 0.526. The summed E-state index contributed by atoms with van der Waals surface area (Å²) < 4.78 is 0. The Morgan fingerprint density at radius 3 is 2.42 bits per heavy atom. The zero-order chi connectivity index (χ0) is 16.8. The van der Waals surface area contributed by atoms with Crippen LogP contribution in [0.1, 0.15) is 45.1 Å². The average molecular weight is 325 g/mol. The number of aromatic nitrogens is 3. The molecule has 24 heavy (non-hydrogen) atoms. The standard InChI is InChI=1S/C19H27N5/c1-16(2)24(15-17-10-6-5-7-11-17)18-14-20-22-19(21-18)23-12-8-3-4-9-13-23/h5-7,10-11,14,16H,3-4,8-9,12-13,15H2,1-2H3. The van der Waals surface area contributed by atoms with Crippen LogP contribution in [0.3, 0.4) is 0 Å². The number of rotatable bonds is 5. The van der Waals surface area contributed by atoms with Crippen molar-refractivity contribution in [2.45, 2.75) is 52.1 Å². The van der Waals surface area contributed by atoms with Crippen molar-refractivity contribution in [1.82, 2.24) is 15.2 Å². The Bertz CT molecular complexity index is 621. The normalized spacial score (nSPS) is 15.4. The van der Waals surface area contributed by atoms with Gasteiger partial charge >= 0.3 is 0 Å². The molecule has 0 bridgehead atoms. The highest BCUT2D eigenvalue weighted by molar-refractivity contribution is 5.43. The first-order chi connectivity index (χ1) is 11.7. The number of benzene rings is 1. The van der Waals surface area contributed by atoms with Gasteiger partial charge in [-0.3, -0.25) is 0 Å². The molecule has 0 N–H and O–H groups in total. The van der Waals surface area contributed by atoms with Gasteiger partial charge in [-0.25, -0.2) is 0 Å². The molecule has 1 saturated heterocycles. The summed E-state index contributed by atoms with van der Waals surface area (Å²) in [7, 11) is 0. The largest absolute Gasteiger partial charge is 0.348 e. The van der Waals surface area contributed by atoms with Crippen molar-refractivity contribution in [3.63, 3.8) is 0 Å². The topological polar surface area (TPSA) is 45.2 Å². The van der Waals surface area contributed by atoms with Crippen molar-refractivity contribution in [3.8, 4) is 0 Å². The van der Waals surface area contributed by atoms with Crippen LogP contribution < -0.4 is 9.80 Å².